The Bertz CT molecular complexity index is 1780. The SMILES string of the molecule is COc1ccc2ncc(-c3cnn4c(N)c(C(C)=O)c(C5C[C@H]6CC[C@@H](C5)N6C(=O)c5ncn[nH]5)nc34)cc2c1. The number of rotatable bonds is 5. The Hall–Kier alpha value is -4.87. The first kappa shape index (κ1) is 24.2. The molecule has 2 saturated heterocycles. The molecule has 7 rings (SSSR count). The quantitative estimate of drug-likeness (QED) is 0.321. The fourth-order valence-electron chi connectivity index (χ4n) is 6.44. The molecule has 2 aliphatic heterocycles. The Kier molecular flexibility index (Phi) is 5.51. The van der Waals surface area contributed by atoms with Crippen LogP contribution in [-0.4, -0.2) is 70.5 Å². The number of fused-ring (bicyclic) bond motifs is 4. The Labute approximate surface area is 228 Å². The van der Waals surface area contributed by atoms with Gasteiger partial charge in [-0.15, -0.1) is 0 Å². The molecular formula is C28H27N9O3. The van der Waals surface area contributed by atoms with Gasteiger partial charge in [-0.3, -0.25) is 19.7 Å². The Morgan fingerprint density at radius 3 is 2.60 bits per heavy atom. The summed E-state index contributed by atoms with van der Waals surface area (Å²) in [7, 11) is 1.63. The zero-order valence-electron chi connectivity index (χ0n) is 22.0. The fraction of sp³-hybridized carbons (Fsp3) is 0.321. The summed E-state index contributed by atoms with van der Waals surface area (Å²) in [4.78, 5) is 41.7. The lowest BCUT2D eigenvalue weighted by Gasteiger charge is -2.38. The van der Waals surface area contributed by atoms with E-state index in [4.69, 9.17) is 15.5 Å². The number of nitrogens with one attached hydrogen (secondary N) is 1. The molecule has 1 unspecified atom stereocenters. The van der Waals surface area contributed by atoms with E-state index in [2.05, 4.69) is 25.3 Å². The zero-order valence-corrected chi connectivity index (χ0v) is 22.0. The van der Waals surface area contributed by atoms with Crippen LogP contribution < -0.4 is 10.5 Å². The average Bonchev–Trinajstić information content (AvgIpc) is 3.70. The number of carbonyl (C=O) groups is 2. The minimum absolute atomic E-state index is 0.0180. The van der Waals surface area contributed by atoms with Gasteiger partial charge in [0.2, 0.25) is 5.82 Å². The number of aromatic amines is 1. The molecule has 1 aromatic carbocycles. The van der Waals surface area contributed by atoms with Gasteiger partial charge >= 0.3 is 0 Å². The van der Waals surface area contributed by atoms with E-state index in [-0.39, 0.29) is 41.3 Å². The molecule has 0 saturated carbocycles. The summed E-state index contributed by atoms with van der Waals surface area (Å²) in [6.45, 7) is 1.50. The number of nitrogen functional groups attached to an aromatic ring is 1. The van der Waals surface area contributed by atoms with E-state index in [1.54, 1.807) is 19.5 Å². The van der Waals surface area contributed by atoms with Crippen LogP contribution in [0.4, 0.5) is 5.82 Å². The number of Topliss-reactive ketones (excluding diaryl/α,β-unsaturated/α-hetero) is 1. The molecule has 2 aliphatic rings. The molecule has 12 heteroatoms. The molecule has 3 atom stereocenters. The van der Waals surface area contributed by atoms with Crippen molar-refractivity contribution in [3.05, 3.63) is 60.1 Å². The number of anilines is 1. The predicted molar refractivity (Wildman–Crippen MR) is 146 cm³/mol. The second-order valence-corrected chi connectivity index (χ2v) is 10.5. The first-order chi connectivity index (χ1) is 19.4. The molecule has 0 aliphatic carbocycles. The molecule has 202 valence electrons. The van der Waals surface area contributed by atoms with Crippen molar-refractivity contribution in [2.45, 2.75) is 50.6 Å². The number of ketones is 1. The minimum atomic E-state index is -0.161. The smallest absolute Gasteiger partial charge is 0.291 e. The number of carbonyl (C=O) groups excluding carboxylic acids is 2. The number of pyridine rings is 1. The topological polar surface area (TPSA) is 157 Å². The average molecular weight is 538 g/mol. The third-order valence-electron chi connectivity index (χ3n) is 8.23. The number of amides is 1. The van der Waals surface area contributed by atoms with E-state index in [0.717, 1.165) is 40.6 Å². The number of hydrogen-bond acceptors (Lipinski definition) is 9. The summed E-state index contributed by atoms with van der Waals surface area (Å²) in [5.74, 6) is 0.910. The van der Waals surface area contributed by atoms with Gasteiger partial charge in [0.05, 0.1) is 30.1 Å². The highest BCUT2D eigenvalue weighted by Gasteiger charge is 2.45. The maximum Gasteiger partial charge on any atom is 0.291 e. The summed E-state index contributed by atoms with van der Waals surface area (Å²) in [6, 6.07) is 7.78. The van der Waals surface area contributed by atoms with E-state index < -0.39 is 0 Å². The second-order valence-electron chi connectivity index (χ2n) is 10.5. The highest BCUT2D eigenvalue weighted by molar-refractivity contribution is 6.00. The van der Waals surface area contributed by atoms with Gasteiger partial charge in [0.25, 0.3) is 5.91 Å². The molecule has 2 bridgehead atoms. The summed E-state index contributed by atoms with van der Waals surface area (Å²) in [5.41, 5.74) is 10.7. The molecule has 0 spiro atoms. The molecule has 3 N–H and O–H groups in total. The second kappa shape index (κ2) is 9.11. The molecule has 40 heavy (non-hydrogen) atoms. The summed E-state index contributed by atoms with van der Waals surface area (Å²) in [6.07, 6.45) is 7.97. The van der Waals surface area contributed by atoms with Gasteiger partial charge in [0, 0.05) is 40.7 Å². The van der Waals surface area contributed by atoms with Crippen LogP contribution in [0.2, 0.25) is 0 Å². The van der Waals surface area contributed by atoms with E-state index in [1.165, 1.54) is 17.8 Å². The lowest BCUT2D eigenvalue weighted by atomic mass is 9.85. The van der Waals surface area contributed by atoms with Gasteiger partial charge in [0.1, 0.15) is 17.9 Å². The van der Waals surface area contributed by atoms with Crippen molar-refractivity contribution in [1.29, 1.82) is 0 Å². The van der Waals surface area contributed by atoms with Gasteiger partial charge < -0.3 is 15.4 Å². The lowest BCUT2D eigenvalue weighted by molar-refractivity contribution is 0.0556. The molecule has 2 fully saturated rings. The van der Waals surface area contributed by atoms with Gasteiger partial charge in [0.15, 0.2) is 11.4 Å². The predicted octanol–water partition coefficient (Wildman–Crippen LogP) is 3.41. The standard InChI is InChI=1S/C28H27N9O3/c1-14(38)23-24(16-8-18-3-4-19(9-16)36(18)28(39)26-31-13-32-35-26)34-27-21(12-33-37(27)25(23)29)17-7-15-10-20(40-2)5-6-22(15)30-11-17/h5-7,10-13,16,18-19H,3-4,8-9,29H2,1-2H3,(H,31,32,35)/t16?,18-,19+. The van der Waals surface area contributed by atoms with Crippen molar-refractivity contribution < 1.29 is 14.3 Å². The van der Waals surface area contributed by atoms with Gasteiger partial charge in [-0.2, -0.15) is 14.7 Å². The van der Waals surface area contributed by atoms with Crippen molar-refractivity contribution in [2.75, 3.05) is 12.8 Å². The normalized spacial score (nSPS) is 20.4. The molecule has 4 aromatic heterocycles. The highest BCUT2D eigenvalue weighted by Crippen LogP contribution is 2.45. The first-order valence-corrected chi connectivity index (χ1v) is 13.2. The Morgan fingerprint density at radius 1 is 1.10 bits per heavy atom. The fourth-order valence-corrected chi connectivity index (χ4v) is 6.44. The Balaban J connectivity index is 1.30. The van der Waals surface area contributed by atoms with Crippen LogP contribution in [0.15, 0.2) is 43.0 Å². The number of piperidine rings is 1. The third kappa shape index (κ3) is 3.70. The van der Waals surface area contributed by atoms with Crippen LogP contribution in [0.3, 0.4) is 0 Å². The number of H-pyrrole nitrogens is 1. The molecule has 12 nitrogen and oxygen atoms in total. The van der Waals surface area contributed by atoms with Crippen molar-refractivity contribution >= 4 is 34.1 Å². The van der Waals surface area contributed by atoms with Crippen LogP contribution in [0, 0.1) is 0 Å². The van der Waals surface area contributed by atoms with Crippen molar-refractivity contribution in [3.8, 4) is 16.9 Å². The van der Waals surface area contributed by atoms with E-state index in [0.29, 0.717) is 29.7 Å². The maximum atomic E-state index is 13.1. The number of aromatic nitrogens is 7. The number of nitrogens with two attached hydrogens (primary N) is 1. The zero-order chi connectivity index (χ0) is 27.5. The molecular weight excluding hydrogens is 510 g/mol. The van der Waals surface area contributed by atoms with Gasteiger partial charge in [-0.05, 0) is 56.9 Å². The van der Waals surface area contributed by atoms with Crippen molar-refractivity contribution in [3.63, 3.8) is 0 Å². The molecule has 6 heterocycles. The number of nitrogens with zero attached hydrogens (tertiary/aromatic N) is 7. The summed E-state index contributed by atoms with van der Waals surface area (Å²) < 4.78 is 6.92. The van der Waals surface area contributed by atoms with E-state index in [9.17, 15) is 9.59 Å². The Morgan fingerprint density at radius 2 is 1.90 bits per heavy atom. The summed E-state index contributed by atoms with van der Waals surface area (Å²) in [5, 5.41) is 11.9. The molecule has 5 aromatic rings. The largest absolute Gasteiger partial charge is 0.497 e. The number of methoxy groups -OCH3 is 1. The van der Waals surface area contributed by atoms with Crippen molar-refractivity contribution in [1.82, 2.24) is 39.7 Å². The highest BCUT2D eigenvalue weighted by atomic mass is 16.5. The van der Waals surface area contributed by atoms with Crippen LogP contribution in [0.1, 0.15) is 65.2 Å². The van der Waals surface area contributed by atoms with Crippen LogP contribution in [0.5, 0.6) is 5.75 Å². The lowest BCUT2D eigenvalue weighted by Crippen LogP contribution is -2.46. The minimum Gasteiger partial charge on any atom is -0.497 e. The number of benzene rings is 1. The third-order valence-corrected chi connectivity index (χ3v) is 8.23. The first-order valence-electron chi connectivity index (χ1n) is 13.2. The van der Waals surface area contributed by atoms with Gasteiger partial charge in [-0.25, -0.2) is 9.97 Å². The monoisotopic (exact) mass is 537 g/mol. The van der Waals surface area contributed by atoms with Gasteiger partial charge in [-0.1, -0.05) is 0 Å². The van der Waals surface area contributed by atoms with E-state index in [1.807, 2.05) is 29.2 Å². The number of ether oxygens (including phenoxy) is 1. The number of hydrogen-bond donors (Lipinski definition) is 2. The molecule has 1 amide bonds. The summed E-state index contributed by atoms with van der Waals surface area (Å²) >= 11 is 0. The maximum absolute atomic E-state index is 13.1. The van der Waals surface area contributed by atoms with Crippen LogP contribution >= 0.6 is 0 Å². The van der Waals surface area contributed by atoms with Crippen LogP contribution in [0.25, 0.3) is 27.7 Å². The van der Waals surface area contributed by atoms with E-state index >= 15 is 0 Å². The van der Waals surface area contributed by atoms with Crippen molar-refractivity contribution in [2.24, 2.45) is 0 Å². The molecule has 0 radical (unpaired) electrons. The van der Waals surface area contributed by atoms with Crippen LogP contribution in [-0.2, 0) is 0 Å².